The van der Waals surface area contributed by atoms with Crippen LogP contribution in [0.1, 0.15) is 11.6 Å². The van der Waals surface area contributed by atoms with Gasteiger partial charge in [0, 0.05) is 38.2 Å². The Labute approximate surface area is 288 Å². The average molecular weight is 683 g/mol. The number of halogens is 2. The lowest BCUT2D eigenvalue weighted by Crippen LogP contribution is -2.18. The molecular formula is C38H36F2N4O6. The molecule has 50 heavy (non-hydrogen) atoms. The number of aromatic nitrogens is 4. The second-order valence-electron chi connectivity index (χ2n) is 11.0. The Hall–Kier alpha value is -5.72. The van der Waals surface area contributed by atoms with Crippen molar-refractivity contribution in [1.29, 1.82) is 0 Å². The first kappa shape index (κ1) is 34.2. The minimum absolute atomic E-state index is 0.155. The fourth-order valence-electron chi connectivity index (χ4n) is 5.09. The average Bonchev–Trinajstić information content (AvgIpc) is 3.76. The fraction of sp³-hybridized carbons (Fsp3) is 0.211. The molecule has 0 saturated carbocycles. The van der Waals surface area contributed by atoms with E-state index < -0.39 is 0 Å². The van der Waals surface area contributed by atoms with E-state index in [0.29, 0.717) is 72.1 Å². The van der Waals surface area contributed by atoms with Crippen LogP contribution in [0.3, 0.4) is 0 Å². The maximum Gasteiger partial charge on any atom is 0.188 e. The summed E-state index contributed by atoms with van der Waals surface area (Å²) >= 11 is 0. The van der Waals surface area contributed by atoms with Crippen LogP contribution in [0.4, 0.5) is 8.78 Å². The molecule has 2 aromatic heterocycles. The van der Waals surface area contributed by atoms with Crippen molar-refractivity contribution in [1.82, 2.24) is 19.3 Å². The summed E-state index contributed by atoms with van der Waals surface area (Å²) in [6, 6.07) is 26.9. The highest BCUT2D eigenvalue weighted by molar-refractivity contribution is 5.60. The molecule has 10 nitrogen and oxygen atoms in total. The van der Waals surface area contributed by atoms with Crippen LogP contribution in [0.5, 0.6) is 23.0 Å². The zero-order valence-electron chi connectivity index (χ0n) is 27.6. The molecule has 0 amide bonds. The van der Waals surface area contributed by atoms with Crippen LogP contribution in [-0.2, 0) is 22.3 Å². The third-order valence-electron chi connectivity index (χ3n) is 7.55. The normalized spacial score (nSPS) is 11.0. The summed E-state index contributed by atoms with van der Waals surface area (Å²) in [5.74, 6) is 3.37. The molecule has 0 saturated heterocycles. The van der Waals surface area contributed by atoms with Gasteiger partial charge in [-0.2, -0.15) is 0 Å². The van der Waals surface area contributed by atoms with E-state index in [1.807, 2.05) is 70.3 Å². The van der Waals surface area contributed by atoms with Gasteiger partial charge >= 0.3 is 0 Å². The molecule has 0 aliphatic carbocycles. The first-order chi connectivity index (χ1) is 24.5. The van der Waals surface area contributed by atoms with E-state index in [4.69, 9.17) is 38.4 Å². The highest BCUT2D eigenvalue weighted by Crippen LogP contribution is 2.25. The molecule has 0 N–H and O–H groups in total. The Kier molecular flexibility index (Phi) is 11.3. The number of imidazole rings is 2. The first-order valence-corrected chi connectivity index (χ1v) is 15.9. The molecule has 2 heterocycles. The van der Waals surface area contributed by atoms with Gasteiger partial charge in [-0.3, -0.25) is 0 Å². The first-order valence-electron chi connectivity index (χ1n) is 15.9. The largest absolute Gasteiger partial charge is 0.493 e. The van der Waals surface area contributed by atoms with Crippen molar-refractivity contribution in [3.8, 4) is 45.5 Å². The van der Waals surface area contributed by atoms with E-state index in [0.717, 1.165) is 11.1 Å². The number of rotatable bonds is 17. The molecule has 0 radical (unpaired) electrons. The number of hydrogen-bond donors (Lipinski definition) is 0. The quantitative estimate of drug-likeness (QED) is 0.0933. The minimum Gasteiger partial charge on any atom is -0.493 e. The van der Waals surface area contributed by atoms with Gasteiger partial charge in [-0.15, -0.1) is 0 Å². The van der Waals surface area contributed by atoms with Gasteiger partial charge in [0.15, 0.2) is 13.6 Å². The number of nitrogens with zero attached hydrogens (tertiary/aromatic N) is 4. The highest BCUT2D eigenvalue weighted by Gasteiger charge is 2.18. The van der Waals surface area contributed by atoms with Crippen LogP contribution >= 0.6 is 0 Å². The van der Waals surface area contributed by atoms with Gasteiger partial charge in [0.2, 0.25) is 0 Å². The standard InChI is InChI=1S/C38H36F2N4O6/c1-45-25-49-33-15-11-31(12-16-33)47-21-19-37-41-35(27-3-7-29(39)8-4-27)23-43(37)44-24-36(28-5-9-30(40)10-6-28)42-38(44)20-22-48-32-13-17-34(18-14-32)50-26-46-2/h3-18,23-24H,19-22,25-26H2,1-2H3. The Bertz CT molecular complexity index is 1800. The van der Waals surface area contributed by atoms with E-state index in [1.165, 1.54) is 24.3 Å². The van der Waals surface area contributed by atoms with Gasteiger partial charge in [-0.25, -0.2) is 28.1 Å². The molecule has 0 atom stereocenters. The molecule has 258 valence electrons. The second-order valence-corrected chi connectivity index (χ2v) is 11.0. The van der Waals surface area contributed by atoms with E-state index in [1.54, 1.807) is 38.5 Å². The van der Waals surface area contributed by atoms with Gasteiger partial charge in [-0.1, -0.05) is 0 Å². The van der Waals surface area contributed by atoms with Gasteiger partial charge in [-0.05, 0) is 97.1 Å². The fourth-order valence-corrected chi connectivity index (χ4v) is 5.09. The van der Waals surface area contributed by atoms with E-state index in [-0.39, 0.29) is 25.2 Å². The van der Waals surface area contributed by atoms with Crippen LogP contribution in [-0.4, -0.2) is 60.3 Å². The molecule has 0 aliphatic heterocycles. The lowest BCUT2D eigenvalue weighted by atomic mass is 10.2. The summed E-state index contributed by atoms with van der Waals surface area (Å²) in [5.41, 5.74) is 2.80. The summed E-state index contributed by atoms with van der Waals surface area (Å²) in [6.07, 6.45) is 4.62. The van der Waals surface area contributed by atoms with Crippen LogP contribution in [0.15, 0.2) is 109 Å². The molecule has 0 spiro atoms. The monoisotopic (exact) mass is 682 g/mol. The highest BCUT2D eigenvalue weighted by atomic mass is 19.1. The number of benzene rings is 4. The number of ether oxygens (including phenoxy) is 6. The van der Waals surface area contributed by atoms with Crippen molar-refractivity contribution < 1.29 is 37.2 Å². The van der Waals surface area contributed by atoms with Crippen molar-refractivity contribution in [2.45, 2.75) is 12.8 Å². The molecular weight excluding hydrogens is 646 g/mol. The number of hydrogen-bond acceptors (Lipinski definition) is 8. The molecule has 0 aliphatic rings. The van der Waals surface area contributed by atoms with Crippen LogP contribution in [0, 0.1) is 11.6 Å². The van der Waals surface area contributed by atoms with Crippen molar-refractivity contribution in [3.05, 3.63) is 133 Å². The predicted octanol–water partition coefficient (Wildman–Crippen LogP) is 7.21. The van der Waals surface area contributed by atoms with Gasteiger partial charge in [0.25, 0.3) is 0 Å². The van der Waals surface area contributed by atoms with Crippen molar-refractivity contribution in [3.63, 3.8) is 0 Å². The van der Waals surface area contributed by atoms with E-state index in [2.05, 4.69) is 0 Å². The minimum atomic E-state index is -0.335. The summed E-state index contributed by atoms with van der Waals surface area (Å²) in [6.45, 7) is 0.949. The van der Waals surface area contributed by atoms with Crippen molar-refractivity contribution in [2.24, 2.45) is 0 Å². The third kappa shape index (κ3) is 8.84. The van der Waals surface area contributed by atoms with Crippen LogP contribution < -0.4 is 18.9 Å². The summed E-state index contributed by atoms with van der Waals surface area (Å²) in [5, 5.41) is 0. The second kappa shape index (κ2) is 16.6. The zero-order valence-corrected chi connectivity index (χ0v) is 27.6. The Morgan fingerprint density at radius 1 is 0.480 bits per heavy atom. The molecule has 0 bridgehead atoms. The van der Waals surface area contributed by atoms with Crippen LogP contribution in [0.25, 0.3) is 22.5 Å². The third-order valence-corrected chi connectivity index (χ3v) is 7.55. The molecule has 4 aromatic carbocycles. The van der Waals surface area contributed by atoms with Crippen molar-refractivity contribution in [2.75, 3.05) is 41.0 Å². The SMILES string of the molecule is COCOc1ccc(OCCc2nc(-c3ccc(F)cc3)cn2-n2cc(-c3ccc(F)cc3)nc2CCOc2ccc(OCOC)cc2)cc1. The van der Waals surface area contributed by atoms with Gasteiger partial charge in [0.1, 0.15) is 46.3 Å². The zero-order chi connectivity index (χ0) is 34.7. The van der Waals surface area contributed by atoms with Crippen LogP contribution in [0.2, 0.25) is 0 Å². The van der Waals surface area contributed by atoms with E-state index in [9.17, 15) is 8.78 Å². The molecule has 6 aromatic rings. The maximum absolute atomic E-state index is 13.8. The topological polar surface area (TPSA) is 91.0 Å². The Balaban J connectivity index is 1.27. The van der Waals surface area contributed by atoms with Gasteiger partial charge in [0.05, 0.1) is 37.0 Å². The Morgan fingerprint density at radius 3 is 1.16 bits per heavy atom. The molecule has 6 rings (SSSR count). The Morgan fingerprint density at radius 2 is 0.820 bits per heavy atom. The maximum atomic E-state index is 13.8. The van der Waals surface area contributed by atoms with Crippen molar-refractivity contribution >= 4 is 0 Å². The summed E-state index contributed by atoms with van der Waals surface area (Å²) in [4.78, 5) is 9.87. The summed E-state index contributed by atoms with van der Waals surface area (Å²) in [7, 11) is 3.13. The summed E-state index contributed by atoms with van der Waals surface area (Å²) < 4.78 is 64.4. The lowest BCUT2D eigenvalue weighted by Gasteiger charge is -2.13. The number of methoxy groups -OCH3 is 2. The predicted molar refractivity (Wildman–Crippen MR) is 182 cm³/mol. The molecule has 0 fully saturated rings. The molecule has 0 unspecified atom stereocenters. The lowest BCUT2D eigenvalue weighted by molar-refractivity contribution is 0.0509. The molecule has 12 heteroatoms. The van der Waals surface area contributed by atoms with Gasteiger partial charge < -0.3 is 28.4 Å². The van der Waals surface area contributed by atoms with E-state index >= 15 is 0 Å². The smallest absolute Gasteiger partial charge is 0.188 e.